The Bertz CT molecular complexity index is 729. The van der Waals surface area contributed by atoms with Crippen molar-refractivity contribution in [1.29, 1.82) is 0 Å². The number of nitrogens with one attached hydrogen (secondary N) is 1. The van der Waals surface area contributed by atoms with Gasteiger partial charge in [0, 0.05) is 11.8 Å². The highest BCUT2D eigenvalue weighted by molar-refractivity contribution is 6.05. The van der Waals surface area contributed by atoms with Gasteiger partial charge in [0.25, 0.3) is 5.91 Å². The van der Waals surface area contributed by atoms with E-state index in [4.69, 9.17) is 5.11 Å². The number of carboxylic acid groups (broad SMARTS) is 1. The number of hydrogen-bond acceptors (Lipinski definition) is 2. The third kappa shape index (κ3) is 3.22. The number of aromatic carboxylic acids is 1. The molecule has 0 atom stereocenters. The molecular formula is C15H11F2NO3. The van der Waals surface area contributed by atoms with Crippen molar-refractivity contribution in [2.24, 2.45) is 0 Å². The fourth-order valence-corrected chi connectivity index (χ4v) is 1.75. The fraction of sp³-hybridized carbons (Fsp3) is 0.0667. The molecule has 0 aromatic heterocycles. The normalized spacial score (nSPS) is 10.2. The molecule has 0 saturated carbocycles. The van der Waals surface area contributed by atoms with Gasteiger partial charge in [-0.15, -0.1) is 0 Å². The minimum atomic E-state index is -1.14. The van der Waals surface area contributed by atoms with E-state index < -0.39 is 23.5 Å². The average molecular weight is 291 g/mol. The lowest BCUT2D eigenvalue weighted by atomic mass is 10.1. The van der Waals surface area contributed by atoms with Gasteiger partial charge in [-0.2, -0.15) is 0 Å². The second-order valence-electron chi connectivity index (χ2n) is 4.41. The molecule has 21 heavy (non-hydrogen) atoms. The molecule has 0 bridgehead atoms. The zero-order valence-electron chi connectivity index (χ0n) is 11.0. The Hall–Kier alpha value is -2.76. The van der Waals surface area contributed by atoms with Gasteiger partial charge in [0.05, 0.1) is 11.1 Å². The topological polar surface area (TPSA) is 66.4 Å². The summed E-state index contributed by atoms with van der Waals surface area (Å²) in [6.45, 7) is 1.67. The minimum absolute atomic E-state index is 0.00419. The Kier molecular flexibility index (Phi) is 3.98. The van der Waals surface area contributed by atoms with E-state index in [2.05, 4.69) is 5.32 Å². The molecule has 1 amide bonds. The largest absolute Gasteiger partial charge is 0.478 e. The number of carboxylic acids is 1. The molecule has 2 aromatic carbocycles. The van der Waals surface area contributed by atoms with E-state index in [0.717, 1.165) is 12.1 Å². The lowest BCUT2D eigenvalue weighted by Gasteiger charge is -2.10. The second-order valence-corrected chi connectivity index (χ2v) is 4.41. The molecular weight excluding hydrogens is 280 g/mol. The molecule has 108 valence electrons. The SMILES string of the molecule is Cc1ccc(C(=O)O)cc1NC(=O)c1ccc(F)cc1F. The predicted octanol–water partition coefficient (Wildman–Crippen LogP) is 3.22. The number of benzene rings is 2. The van der Waals surface area contributed by atoms with Crippen LogP contribution < -0.4 is 5.32 Å². The summed E-state index contributed by atoms with van der Waals surface area (Å²) in [5, 5.41) is 11.3. The Morgan fingerprint density at radius 2 is 1.81 bits per heavy atom. The first-order valence-electron chi connectivity index (χ1n) is 5.99. The van der Waals surface area contributed by atoms with Gasteiger partial charge in [0.1, 0.15) is 11.6 Å². The quantitative estimate of drug-likeness (QED) is 0.912. The molecule has 0 heterocycles. The molecule has 2 aromatic rings. The maximum atomic E-state index is 13.5. The first kappa shape index (κ1) is 14.6. The van der Waals surface area contributed by atoms with Crippen molar-refractivity contribution in [2.45, 2.75) is 6.92 Å². The summed E-state index contributed by atoms with van der Waals surface area (Å²) in [5.74, 6) is -3.69. The number of hydrogen-bond donors (Lipinski definition) is 2. The van der Waals surface area contributed by atoms with Crippen LogP contribution in [-0.2, 0) is 0 Å². The van der Waals surface area contributed by atoms with Gasteiger partial charge in [0.2, 0.25) is 0 Å². The number of carbonyl (C=O) groups is 2. The third-order valence-electron chi connectivity index (χ3n) is 2.91. The van der Waals surface area contributed by atoms with Crippen molar-refractivity contribution < 1.29 is 23.5 Å². The van der Waals surface area contributed by atoms with Crippen molar-refractivity contribution in [1.82, 2.24) is 0 Å². The first-order valence-corrected chi connectivity index (χ1v) is 5.99. The van der Waals surface area contributed by atoms with Gasteiger partial charge in [-0.25, -0.2) is 13.6 Å². The first-order chi connectivity index (χ1) is 9.88. The fourth-order valence-electron chi connectivity index (χ4n) is 1.75. The molecule has 0 fully saturated rings. The van der Waals surface area contributed by atoms with Crippen LogP contribution in [0.4, 0.5) is 14.5 Å². The van der Waals surface area contributed by atoms with E-state index in [1.807, 2.05) is 0 Å². The van der Waals surface area contributed by atoms with Gasteiger partial charge in [-0.3, -0.25) is 4.79 Å². The van der Waals surface area contributed by atoms with Crippen LogP contribution in [0.25, 0.3) is 0 Å². The Balaban J connectivity index is 2.31. The number of aryl methyl sites for hydroxylation is 1. The van der Waals surface area contributed by atoms with Crippen LogP contribution in [0.2, 0.25) is 0 Å². The van der Waals surface area contributed by atoms with Crippen LogP contribution in [-0.4, -0.2) is 17.0 Å². The van der Waals surface area contributed by atoms with Crippen molar-refractivity contribution in [3.63, 3.8) is 0 Å². The highest BCUT2D eigenvalue weighted by Crippen LogP contribution is 2.19. The molecule has 2 rings (SSSR count). The summed E-state index contributed by atoms with van der Waals surface area (Å²) >= 11 is 0. The minimum Gasteiger partial charge on any atom is -0.478 e. The molecule has 0 saturated heterocycles. The number of anilines is 1. The van der Waals surface area contributed by atoms with Gasteiger partial charge < -0.3 is 10.4 Å². The van der Waals surface area contributed by atoms with E-state index in [1.165, 1.54) is 18.2 Å². The molecule has 0 aliphatic heterocycles. The molecule has 4 nitrogen and oxygen atoms in total. The van der Waals surface area contributed by atoms with E-state index in [-0.39, 0.29) is 16.8 Å². The van der Waals surface area contributed by atoms with E-state index >= 15 is 0 Å². The molecule has 2 N–H and O–H groups in total. The number of amides is 1. The molecule has 6 heteroatoms. The summed E-state index contributed by atoms with van der Waals surface area (Å²) in [6.07, 6.45) is 0. The summed E-state index contributed by atoms with van der Waals surface area (Å²) < 4.78 is 26.3. The van der Waals surface area contributed by atoms with Crippen molar-refractivity contribution in [2.75, 3.05) is 5.32 Å². The zero-order valence-corrected chi connectivity index (χ0v) is 11.0. The van der Waals surface area contributed by atoms with Crippen LogP contribution in [0, 0.1) is 18.6 Å². The van der Waals surface area contributed by atoms with Crippen molar-refractivity contribution >= 4 is 17.6 Å². The highest BCUT2D eigenvalue weighted by atomic mass is 19.1. The maximum Gasteiger partial charge on any atom is 0.335 e. The van der Waals surface area contributed by atoms with Crippen LogP contribution >= 0.6 is 0 Å². The van der Waals surface area contributed by atoms with Crippen LogP contribution in [0.1, 0.15) is 26.3 Å². The standard InChI is InChI=1S/C15H11F2NO3/c1-8-2-3-9(15(20)21)6-13(8)18-14(19)11-5-4-10(16)7-12(11)17/h2-7H,1H3,(H,18,19)(H,20,21). The van der Waals surface area contributed by atoms with Crippen molar-refractivity contribution in [3.05, 3.63) is 64.7 Å². The van der Waals surface area contributed by atoms with Gasteiger partial charge >= 0.3 is 5.97 Å². The van der Waals surface area contributed by atoms with Gasteiger partial charge in [0.15, 0.2) is 0 Å². The van der Waals surface area contributed by atoms with Crippen molar-refractivity contribution in [3.8, 4) is 0 Å². The monoisotopic (exact) mass is 291 g/mol. The number of rotatable bonds is 3. The molecule has 0 unspecified atom stereocenters. The van der Waals surface area contributed by atoms with Gasteiger partial charge in [-0.05, 0) is 36.8 Å². The van der Waals surface area contributed by atoms with E-state index in [0.29, 0.717) is 11.6 Å². The summed E-state index contributed by atoms with van der Waals surface area (Å²) in [4.78, 5) is 22.9. The van der Waals surface area contributed by atoms with E-state index in [9.17, 15) is 18.4 Å². The Morgan fingerprint density at radius 1 is 1.10 bits per heavy atom. The van der Waals surface area contributed by atoms with Crippen LogP contribution in [0.5, 0.6) is 0 Å². The Labute approximate surface area is 119 Å². The highest BCUT2D eigenvalue weighted by Gasteiger charge is 2.14. The molecule has 0 aliphatic carbocycles. The number of carbonyl (C=O) groups excluding carboxylic acids is 1. The molecule has 0 radical (unpaired) electrons. The second kappa shape index (κ2) is 5.70. The van der Waals surface area contributed by atoms with Crippen LogP contribution in [0.15, 0.2) is 36.4 Å². The maximum absolute atomic E-state index is 13.5. The molecule has 0 spiro atoms. The van der Waals surface area contributed by atoms with E-state index in [1.54, 1.807) is 6.92 Å². The summed E-state index contributed by atoms with van der Waals surface area (Å²) in [7, 11) is 0. The number of halogens is 2. The smallest absolute Gasteiger partial charge is 0.335 e. The Morgan fingerprint density at radius 3 is 2.43 bits per heavy atom. The predicted molar refractivity (Wildman–Crippen MR) is 72.4 cm³/mol. The molecule has 0 aliphatic rings. The third-order valence-corrected chi connectivity index (χ3v) is 2.91. The van der Waals surface area contributed by atoms with Gasteiger partial charge in [-0.1, -0.05) is 6.07 Å². The van der Waals surface area contributed by atoms with Crippen LogP contribution in [0.3, 0.4) is 0 Å². The summed E-state index contributed by atoms with van der Waals surface area (Å²) in [5.41, 5.74) is 0.548. The lowest BCUT2D eigenvalue weighted by molar-refractivity contribution is 0.0696. The zero-order chi connectivity index (χ0) is 15.6. The average Bonchev–Trinajstić information content (AvgIpc) is 2.40. The lowest BCUT2D eigenvalue weighted by Crippen LogP contribution is -2.15. The summed E-state index contributed by atoms with van der Waals surface area (Å²) in [6, 6.07) is 6.80.